The predicted molar refractivity (Wildman–Crippen MR) is 43.7 cm³/mol. The van der Waals surface area contributed by atoms with E-state index in [1.807, 2.05) is 0 Å². The van der Waals surface area contributed by atoms with Crippen LogP contribution in [0.15, 0.2) is 18.6 Å². The summed E-state index contributed by atoms with van der Waals surface area (Å²) in [4.78, 5) is 11.8. The maximum absolute atomic E-state index is 9.30. The maximum atomic E-state index is 9.30. The molecule has 4 heteroatoms. The van der Waals surface area contributed by atoms with Gasteiger partial charge in [0, 0.05) is 11.6 Å². The van der Waals surface area contributed by atoms with Crippen LogP contribution in [0.2, 0.25) is 0 Å². The molecule has 0 radical (unpaired) electrons. The Morgan fingerprint density at radius 2 is 2.25 bits per heavy atom. The number of hydrogen-bond acceptors (Lipinski definition) is 4. The van der Waals surface area contributed by atoms with Gasteiger partial charge in [0.15, 0.2) is 5.65 Å². The molecule has 2 rings (SSSR count). The largest absolute Gasteiger partial charge is 0.506 e. The molecule has 0 unspecified atom stereocenters. The van der Waals surface area contributed by atoms with Crippen LogP contribution in [-0.2, 0) is 0 Å². The molecule has 0 aliphatic carbocycles. The first-order chi connectivity index (χ1) is 5.77. The summed E-state index contributed by atoms with van der Waals surface area (Å²) in [5.74, 6) is 0.178. The third-order valence-corrected chi connectivity index (χ3v) is 1.66. The van der Waals surface area contributed by atoms with E-state index in [1.54, 1.807) is 19.2 Å². The van der Waals surface area contributed by atoms with E-state index >= 15 is 0 Å². The van der Waals surface area contributed by atoms with Crippen molar-refractivity contribution in [3.8, 4) is 5.75 Å². The van der Waals surface area contributed by atoms with Crippen LogP contribution in [0, 0.1) is 6.92 Å². The maximum Gasteiger partial charge on any atom is 0.162 e. The fourth-order valence-electron chi connectivity index (χ4n) is 0.997. The summed E-state index contributed by atoms with van der Waals surface area (Å²) in [5.41, 5.74) is 1.20. The number of nitrogens with zero attached hydrogens (tertiary/aromatic N) is 3. The van der Waals surface area contributed by atoms with E-state index < -0.39 is 0 Å². The van der Waals surface area contributed by atoms with Gasteiger partial charge in [-0.3, -0.25) is 0 Å². The Kier molecular flexibility index (Phi) is 1.40. The average molecular weight is 161 g/mol. The van der Waals surface area contributed by atoms with Crippen LogP contribution < -0.4 is 0 Å². The van der Waals surface area contributed by atoms with E-state index in [9.17, 15) is 5.11 Å². The van der Waals surface area contributed by atoms with Crippen molar-refractivity contribution < 1.29 is 5.11 Å². The van der Waals surface area contributed by atoms with Crippen molar-refractivity contribution in [3.05, 3.63) is 24.3 Å². The van der Waals surface area contributed by atoms with E-state index in [1.165, 1.54) is 6.33 Å². The van der Waals surface area contributed by atoms with Gasteiger partial charge in [-0.1, -0.05) is 0 Å². The highest BCUT2D eigenvalue weighted by molar-refractivity contribution is 5.75. The molecule has 0 atom stereocenters. The SMILES string of the molecule is Cc1nc2ncncc2cc1O. The fourth-order valence-corrected chi connectivity index (χ4v) is 0.997. The van der Waals surface area contributed by atoms with Crippen LogP contribution in [0.3, 0.4) is 0 Å². The van der Waals surface area contributed by atoms with Crippen molar-refractivity contribution in [2.45, 2.75) is 6.92 Å². The Morgan fingerprint density at radius 1 is 1.42 bits per heavy atom. The number of hydrogen-bond donors (Lipinski definition) is 1. The van der Waals surface area contributed by atoms with Crippen molar-refractivity contribution >= 4 is 11.0 Å². The monoisotopic (exact) mass is 161 g/mol. The highest BCUT2D eigenvalue weighted by Gasteiger charge is 2.00. The number of rotatable bonds is 0. The molecule has 2 aromatic rings. The molecule has 2 aromatic heterocycles. The van der Waals surface area contributed by atoms with Crippen LogP contribution in [0.5, 0.6) is 5.75 Å². The number of aromatic hydroxyl groups is 1. The summed E-state index contributed by atoms with van der Waals surface area (Å²) in [6.45, 7) is 1.73. The van der Waals surface area contributed by atoms with Crippen LogP contribution in [0.4, 0.5) is 0 Å². The Balaban J connectivity index is 2.84. The Morgan fingerprint density at radius 3 is 3.08 bits per heavy atom. The lowest BCUT2D eigenvalue weighted by Crippen LogP contribution is -1.88. The molecule has 1 N–H and O–H groups in total. The molecule has 12 heavy (non-hydrogen) atoms. The zero-order valence-corrected chi connectivity index (χ0v) is 6.52. The third kappa shape index (κ3) is 0.972. The quantitative estimate of drug-likeness (QED) is 0.627. The van der Waals surface area contributed by atoms with Crippen LogP contribution in [-0.4, -0.2) is 20.1 Å². The van der Waals surface area contributed by atoms with E-state index in [2.05, 4.69) is 15.0 Å². The molecule has 0 saturated heterocycles. The smallest absolute Gasteiger partial charge is 0.162 e. The number of aromatic nitrogens is 3. The van der Waals surface area contributed by atoms with Gasteiger partial charge in [0.1, 0.15) is 12.1 Å². The van der Waals surface area contributed by atoms with Crippen molar-refractivity contribution in [1.82, 2.24) is 15.0 Å². The minimum atomic E-state index is 0.178. The topological polar surface area (TPSA) is 58.9 Å². The van der Waals surface area contributed by atoms with Crippen molar-refractivity contribution in [2.75, 3.05) is 0 Å². The molecule has 4 nitrogen and oxygen atoms in total. The number of aryl methyl sites for hydroxylation is 1. The normalized spacial score (nSPS) is 10.4. The van der Waals surface area contributed by atoms with Crippen LogP contribution >= 0.6 is 0 Å². The Bertz CT molecular complexity index is 387. The standard InChI is InChI=1S/C8H7N3O/c1-5-7(12)2-6-3-9-4-10-8(6)11-5/h2-4,12H,1H3. The molecule has 0 amide bonds. The van der Waals surface area contributed by atoms with E-state index in [-0.39, 0.29) is 5.75 Å². The second-order valence-electron chi connectivity index (χ2n) is 2.53. The van der Waals surface area contributed by atoms with E-state index in [0.717, 1.165) is 5.39 Å². The van der Waals surface area contributed by atoms with Gasteiger partial charge in [-0.2, -0.15) is 0 Å². The summed E-state index contributed by atoms with van der Waals surface area (Å²) < 4.78 is 0. The van der Waals surface area contributed by atoms with Crippen LogP contribution in [0.1, 0.15) is 5.69 Å². The molecule has 0 fully saturated rings. The molecular weight excluding hydrogens is 154 g/mol. The lowest BCUT2D eigenvalue weighted by molar-refractivity contribution is 0.469. The van der Waals surface area contributed by atoms with Gasteiger partial charge in [0.2, 0.25) is 0 Å². The first-order valence-electron chi connectivity index (χ1n) is 3.54. The molecule has 0 aliphatic rings. The summed E-state index contributed by atoms with van der Waals surface area (Å²) >= 11 is 0. The second kappa shape index (κ2) is 2.41. The number of fused-ring (bicyclic) bond motifs is 1. The number of pyridine rings is 1. The van der Waals surface area contributed by atoms with Crippen molar-refractivity contribution in [3.63, 3.8) is 0 Å². The summed E-state index contributed by atoms with van der Waals surface area (Å²) in [7, 11) is 0. The van der Waals surface area contributed by atoms with E-state index in [4.69, 9.17) is 0 Å². The van der Waals surface area contributed by atoms with Gasteiger partial charge in [-0.15, -0.1) is 0 Å². The molecule has 0 aliphatic heterocycles. The first kappa shape index (κ1) is 6.97. The van der Waals surface area contributed by atoms with Gasteiger partial charge < -0.3 is 5.11 Å². The molecular formula is C8H7N3O. The van der Waals surface area contributed by atoms with Crippen molar-refractivity contribution in [1.29, 1.82) is 0 Å². The molecule has 0 aromatic carbocycles. The van der Waals surface area contributed by atoms with Crippen molar-refractivity contribution in [2.24, 2.45) is 0 Å². The predicted octanol–water partition coefficient (Wildman–Crippen LogP) is 1.04. The average Bonchev–Trinajstić information content (AvgIpc) is 2.07. The van der Waals surface area contributed by atoms with Gasteiger partial charge >= 0.3 is 0 Å². The Hall–Kier alpha value is -1.71. The zero-order chi connectivity index (χ0) is 8.55. The summed E-state index contributed by atoms with van der Waals surface area (Å²) in [5, 5.41) is 10.0. The minimum absolute atomic E-state index is 0.178. The molecule has 0 bridgehead atoms. The van der Waals surface area contributed by atoms with Gasteiger partial charge in [0.25, 0.3) is 0 Å². The lowest BCUT2D eigenvalue weighted by Gasteiger charge is -1.98. The minimum Gasteiger partial charge on any atom is -0.506 e. The molecule has 2 heterocycles. The van der Waals surface area contributed by atoms with Gasteiger partial charge in [-0.25, -0.2) is 15.0 Å². The summed E-state index contributed by atoms with van der Waals surface area (Å²) in [6, 6.07) is 1.61. The van der Waals surface area contributed by atoms with Crippen LogP contribution in [0.25, 0.3) is 11.0 Å². The fraction of sp³-hybridized carbons (Fsp3) is 0.125. The highest BCUT2D eigenvalue weighted by atomic mass is 16.3. The van der Waals surface area contributed by atoms with E-state index in [0.29, 0.717) is 11.3 Å². The third-order valence-electron chi connectivity index (χ3n) is 1.66. The van der Waals surface area contributed by atoms with Gasteiger partial charge in [0.05, 0.1) is 5.69 Å². The first-order valence-corrected chi connectivity index (χ1v) is 3.54. The molecule has 60 valence electrons. The van der Waals surface area contributed by atoms with Gasteiger partial charge in [-0.05, 0) is 13.0 Å². The zero-order valence-electron chi connectivity index (χ0n) is 6.52. The molecule has 0 spiro atoms. The Labute approximate surface area is 68.9 Å². The highest BCUT2D eigenvalue weighted by Crippen LogP contribution is 2.18. The molecule has 0 saturated carbocycles. The summed E-state index contributed by atoms with van der Waals surface area (Å²) in [6.07, 6.45) is 3.06. The second-order valence-corrected chi connectivity index (χ2v) is 2.53. The lowest BCUT2D eigenvalue weighted by atomic mass is 10.3.